The smallest absolute Gasteiger partial charge is 0.191 e. The SMILES string of the molecule is COc1ccc(CNC2=NCCCN2)cc1Cl.I. The zero-order chi connectivity index (χ0) is 12.1. The van der Waals surface area contributed by atoms with E-state index in [4.69, 9.17) is 16.3 Å². The minimum Gasteiger partial charge on any atom is -0.495 e. The second kappa shape index (κ2) is 7.68. The highest BCUT2D eigenvalue weighted by molar-refractivity contribution is 14.0. The van der Waals surface area contributed by atoms with Crippen LogP contribution in [0.4, 0.5) is 0 Å². The van der Waals surface area contributed by atoms with Crippen molar-refractivity contribution in [3.8, 4) is 5.75 Å². The Kier molecular flexibility index (Phi) is 6.56. The molecule has 0 saturated carbocycles. The second-order valence-corrected chi connectivity index (χ2v) is 4.24. The van der Waals surface area contributed by atoms with Crippen molar-refractivity contribution < 1.29 is 4.74 Å². The van der Waals surface area contributed by atoms with Crippen molar-refractivity contribution >= 4 is 41.5 Å². The van der Waals surface area contributed by atoms with E-state index in [0.717, 1.165) is 31.0 Å². The highest BCUT2D eigenvalue weighted by Crippen LogP contribution is 2.24. The topological polar surface area (TPSA) is 45.6 Å². The number of halogens is 2. The van der Waals surface area contributed by atoms with Crippen LogP contribution in [0.25, 0.3) is 0 Å². The molecule has 2 N–H and O–H groups in total. The molecule has 0 aliphatic carbocycles. The van der Waals surface area contributed by atoms with Crippen LogP contribution in [0, 0.1) is 0 Å². The Morgan fingerprint density at radius 2 is 2.33 bits per heavy atom. The van der Waals surface area contributed by atoms with Gasteiger partial charge in [0.2, 0.25) is 0 Å². The second-order valence-electron chi connectivity index (χ2n) is 3.83. The molecule has 1 aliphatic rings. The van der Waals surface area contributed by atoms with Crippen LogP contribution in [-0.2, 0) is 6.54 Å². The van der Waals surface area contributed by atoms with E-state index < -0.39 is 0 Å². The molecule has 0 saturated heterocycles. The molecule has 1 heterocycles. The van der Waals surface area contributed by atoms with E-state index >= 15 is 0 Å². The summed E-state index contributed by atoms with van der Waals surface area (Å²) < 4.78 is 5.11. The third-order valence-corrected chi connectivity index (χ3v) is 2.87. The van der Waals surface area contributed by atoms with Gasteiger partial charge in [-0.3, -0.25) is 4.99 Å². The Labute approximate surface area is 129 Å². The summed E-state index contributed by atoms with van der Waals surface area (Å²) in [5.74, 6) is 1.56. The lowest BCUT2D eigenvalue weighted by atomic mass is 10.2. The van der Waals surface area contributed by atoms with E-state index in [9.17, 15) is 0 Å². The Morgan fingerprint density at radius 3 is 2.94 bits per heavy atom. The third-order valence-electron chi connectivity index (χ3n) is 2.57. The van der Waals surface area contributed by atoms with Crippen molar-refractivity contribution in [2.45, 2.75) is 13.0 Å². The summed E-state index contributed by atoms with van der Waals surface area (Å²) in [7, 11) is 1.61. The third kappa shape index (κ3) is 4.20. The van der Waals surface area contributed by atoms with Gasteiger partial charge in [-0.05, 0) is 24.1 Å². The van der Waals surface area contributed by atoms with Crippen molar-refractivity contribution in [3.63, 3.8) is 0 Å². The maximum absolute atomic E-state index is 6.05. The molecule has 0 spiro atoms. The minimum absolute atomic E-state index is 0. The van der Waals surface area contributed by atoms with Gasteiger partial charge in [0.15, 0.2) is 5.96 Å². The lowest BCUT2D eigenvalue weighted by Gasteiger charge is -2.16. The van der Waals surface area contributed by atoms with Gasteiger partial charge in [0, 0.05) is 19.6 Å². The quantitative estimate of drug-likeness (QED) is 0.791. The number of nitrogens with zero attached hydrogens (tertiary/aromatic N) is 1. The predicted octanol–water partition coefficient (Wildman–Crippen LogP) is 2.41. The molecule has 0 fully saturated rings. The summed E-state index contributed by atoms with van der Waals surface area (Å²) in [6, 6.07) is 5.76. The van der Waals surface area contributed by atoms with E-state index in [2.05, 4.69) is 15.6 Å². The van der Waals surface area contributed by atoms with Gasteiger partial charge < -0.3 is 15.4 Å². The number of aliphatic imine (C=N–C) groups is 1. The fraction of sp³-hybridized carbons (Fsp3) is 0.417. The number of hydrogen-bond donors (Lipinski definition) is 2. The lowest BCUT2D eigenvalue weighted by Crippen LogP contribution is -2.40. The lowest BCUT2D eigenvalue weighted by molar-refractivity contribution is 0.415. The maximum Gasteiger partial charge on any atom is 0.191 e. The summed E-state index contributed by atoms with van der Waals surface area (Å²) in [5, 5.41) is 7.08. The molecule has 4 nitrogen and oxygen atoms in total. The van der Waals surface area contributed by atoms with Crippen LogP contribution in [0.1, 0.15) is 12.0 Å². The molecule has 1 aromatic rings. The number of rotatable bonds is 3. The van der Waals surface area contributed by atoms with Gasteiger partial charge in [0.05, 0.1) is 12.1 Å². The van der Waals surface area contributed by atoms with Crippen molar-refractivity contribution in [2.75, 3.05) is 20.2 Å². The van der Waals surface area contributed by atoms with E-state index in [-0.39, 0.29) is 24.0 Å². The van der Waals surface area contributed by atoms with Crippen molar-refractivity contribution in [1.82, 2.24) is 10.6 Å². The van der Waals surface area contributed by atoms with Gasteiger partial charge in [-0.1, -0.05) is 17.7 Å². The van der Waals surface area contributed by atoms with E-state index in [0.29, 0.717) is 17.3 Å². The van der Waals surface area contributed by atoms with Gasteiger partial charge in [-0.25, -0.2) is 0 Å². The first-order valence-electron chi connectivity index (χ1n) is 5.64. The van der Waals surface area contributed by atoms with Gasteiger partial charge >= 0.3 is 0 Å². The molecule has 6 heteroatoms. The Hall–Kier alpha value is -0.690. The summed E-state index contributed by atoms with van der Waals surface area (Å²) >= 11 is 6.05. The van der Waals surface area contributed by atoms with E-state index in [1.165, 1.54) is 0 Å². The molecule has 0 bridgehead atoms. The molecule has 18 heavy (non-hydrogen) atoms. The fourth-order valence-electron chi connectivity index (χ4n) is 1.66. The highest BCUT2D eigenvalue weighted by Gasteiger charge is 2.05. The zero-order valence-electron chi connectivity index (χ0n) is 10.2. The molecule has 0 amide bonds. The van der Waals surface area contributed by atoms with Gasteiger partial charge in [-0.2, -0.15) is 0 Å². The summed E-state index contributed by atoms with van der Waals surface area (Å²) in [6.07, 6.45) is 1.10. The van der Waals surface area contributed by atoms with Crippen LogP contribution >= 0.6 is 35.6 Å². The summed E-state index contributed by atoms with van der Waals surface area (Å²) in [6.45, 7) is 2.57. The fourth-order valence-corrected chi connectivity index (χ4v) is 1.94. The molecule has 0 radical (unpaired) electrons. The first-order valence-corrected chi connectivity index (χ1v) is 6.02. The van der Waals surface area contributed by atoms with Gasteiger partial charge in [0.25, 0.3) is 0 Å². The molecule has 1 aliphatic heterocycles. The Morgan fingerprint density at radius 1 is 1.50 bits per heavy atom. The Balaban J connectivity index is 0.00000162. The molecule has 2 rings (SSSR count). The van der Waals surface area contributed by atoms with Crippen molar-refractivity contribution in [2.24, 2.45) is 4.99 Å². The van der Waals surface area contributed by atoms with Crippen LogP contribution in [0.2, 0.25) is 5.02 Å². The van der Waals surface area contributed by atoms with Crippen LogP contribution in [0.5, 0.6) is 5.75 Å². The average molecular weight is 382 g/mol. The summed E-state index contributed by atoms with van der Waals surface area (Å²) in [5.41, 5.74) is 1.10. The molecule has 100 valence electrons. The highest BCUT2D eigenvalue weighted by atomic mass is 127. The predicted molar refractivity (Wildman–Crippen MR) is 85.2 cm³/mol. The van der Waals surface area contributed by atoms with Crippen molar-refractivity contribution in [3.05, 3.63) is 28.8 Å². The van der Waals surface area contributed by atoms with Crippen LogP contribution < -0.4 is 15.4 Å². The van der Waals surface area contributed by atoms with Crippen LogP contribution in [0.3, 0.4) is 0 Å². The molecule has 0 aromatic heterocycles. The largest absolute Gasteiger partial charge is 0.495 e. The number of guanidine groups is 1. The first kappa shape index (κ1) is 15.4. The van der Waals surface area contributed by atoms with Crippen LogP contribution in [-0.4, -0.2) is 26.2 Å². The number of benzene rings is 1. The average Bonchev–Trinajstić information content (AvgIpc) is 2.38. The minimum atomic E-state index is 0. The number of methoxy groups -OCH3 is 1. The van der Waals surface area contributed by atoms with E-state index in [1.807, 2.05) is 18.2 Å². The number of nitrogens with one attached hydrogen (secondary N) is 2. The standard InChI is InChI=1S/C12H16ClN3O.HI/c1-17-11-4-3-9(7-10(11)13)8-16-12-14-5-2-6-15-12;/h3-4,7H,2,5-6,8H2,1H3,(H2,14,15,16);1H. The normalized spacial score (nSPS) is 14.0. The first-order chi connectivity index (χ1) is 8.29. The monoisotopic (exact) mass is 381 g/mol. The van der Waals surface area contributed by atoms with E-state index in [1.54, 1.807) is 7.11 Å². The molecular weight excluding hydrogens is 365 g/mol. The Bertz CT molecular complexity index is 426. The van der Waals surface area contributed by atoms with Gasteiger partial charge in [0.1, 0.15) is 5.75 Å². The molecular formula is C12H17ClIN3O. The maximum atomic E-state index is 6.05. The number of hydrogen-bond acceptors (Lipinski definition) is 4. The summed E-state index contributed by atoms with van der Waals surface area (Å²) in [4.78, 5) is 4.34. The number of ether oxygens (including phenoxy) is 1. The zero-order valence-corrected chi connectivity index (χ0v) is 13.3. The molecule has 1 aromatic carbocycles. The van der Waals surface area contributed by atoms with Gasteiger partial charge in [-0.15, -0.1) is 24.0 Å². The van der Waals surface area contributed by atoms with Crippen LogP contribution in [0.15, 0.2) is 23.2 Å². The van der Waals surface area contributed by atoms with Crippen molar-refractivity contribution in [1.29, 1.82) is 0 Å². The molecule has 0 unspecified atom stereocenters. The molecule has 0 atom stereocenters.